The van der Waals surface area contributed by atoms with Gasteiger partial charge >= 0.3 is 5.97 Å². The molecule has 1 rings (SSSR count). The van der Waals surface area contributed by atoms with Gasteiger partial charge in [0.15, 0.2) is 5.54 Å². The molecule has 10 nitrogen and oxygen atoms in total. The molecule has 3 N–H and O–H groups in total. The third kappa shape index (κ3) is 4.43. The van der Waals surface area contributed by atoms with E-state index in [1.807, 2.05) is 0 Å². The van der Waals surface area contributed by atoms with E-state index in [1.165, 1.54) is 19.9 Å². The van der Waals surface area contributed by atoms with Crippen molar-refractivity contribution < 1.29 is 23.4 Å². The SMILES string of the molecule is C=CCC1CN(S(=O)(=O)NCC(C)(C)O)CC1(N=[N+]=[N-])C(=O)O. The molecule has 0 spiro atoms. The molecule has 0 saturated carbocycles. The Labute approximate surface area is 134 Å². The lowest BCUT2D eigenvalue weighted by Gasteiger charge is -2.24. The monoisotopic (exact) mass is 347 g/mol. The number of aliphatic carboxylic acids is 1. The van der Waals surface area contributed by atoms with Crippen molar-refractivity contribution in [1.29, 1.82) is 0 Å². The van der Waals surface area contributed by atoms with Crippen molar-refractivity contribution in [3.8, 4) is 0 Å². The van der Waals surface area contributed by atoms with Crippen LogP contribution in [0.4, 0.5) is 0 Å². The fourth-order valence-corrected chi connectivity index (χ4v) is 3.81. The zero-order valence-electron chi connectivity index (χ0n) is 13.0. The maximum atomic E-state index is 12.3. The molecule has 130 valence electrons. The second kappa shape index (κ2) is 6.85. The Bertz CT molecular complexity index is 618. The molecule has 2 unspecified atom stereocenters. The average Bonchev–Trinajstić information content (AvgIpc) is 2.78. The first kappa shape index (κ1) is 19.4. The maximum absolute atomic E-state index is 12.3. The molecule has 0 aromatic carbocycles. The van der Waals surface area contributed by atoms with Crippen LogP contribution in [0.5, 0.6) is 0 Å². The number of rotatable bonds is 8. The highest BCUT2D eigenvalue weighted by atomic mass is 32.2. The van der Waals surface area contributed by atoms with Gasteiger partial charge < -0.3 is 10.2 Å². The van der Waals surface area contributed by atoms with Gasteiger partial charge in [-0.25, -0.2) is 0 Å². The Kier molecular flexibility index (Phi) is 5.78. The molecular weight excluding hydrogens is 326 g/mol. The smallest absolute Gasteiger partial charge is 0.317 e. The Balaban J connectivity index is 3.11. The van der Waals surface area contributed by atoms with Crippen molar-refractivity contribution >= 4 is 16.2 Å². The Morgan fingerprint density at radius 2 is 2.26 bits per heavy atom. The number of carboxylic acids is 1. The first-order chi connectivity index (χ1) is 10.5. The van der Waals surface area contributed by atoms with E-state index in [4.69, 9.17) is 5.53 Å². The predicted molar refractivity (Wildman–Crippen MR) is 82.6 cm³/mol. The quantitative estimate of drug-likeness (QED) is 0.248. The lowest BCUT2D eigenvalue weighted by molar-refractivity contribution is -0.144. The van der Waals surface area contributed by atoms with E-state index < -0.39 is 39.8 Å². The summed E-state index contributed by atoms with van der Waals surface area (Å²) in [5.41, 5.74) is 5.53. The fourth-order valence-electron chi connectivity index (χ4n) is 2.35. The molecule has 0 radical (unpaired) electrons. The van der Waals surface area contributed by atoms with Gasteiger partial charge in [0.25, 0.3) is 10.2 Å². The van der Waals surface area contributed by atoms with Crippen LogP contribution in [0.25, 0.3) is 10.4 Å². The van der Waals surface area contributed by atoms with Crippen LogP contribution in [-0.2, 0) is 15.0 Å². The highest BCUT2D eigenvalue weighted by Crippen LogP contribution is 2.36. The van der Waals surface area contributed by atoms with Gasteiger partial charge in [-0.15, -0.1) is 6.58 Å². The molecule has 1 aliphatic rings. The zero-order chi connectivity index (χ0) is 17.9. The number of nitrogens with zero attached hydrogens (tertiary/aromatic N) is 4. The van der Waals surface area contributed by atoms with E-state index in [0.29, 0.717) is 0 Å². The predicted octanol–water partition coefficient (Wildman–Crippen LogP) is 0.233. The second-order valence-corrected chi connectivity index (χ2v) is 7.83. The van der Waals surface area contributed by atoms with Crippen LogP contribution in [0.3, 0.4) is 0 Å². The topological polar surface area (TPSA) is 156 Å². The van der Waals surface area contributed by atoms with Crippen LogP contribution in [0.15, 0.2) is 17.8 Å². The summed E-state index contributed by atoms with van der Waals surface area (Å²) in [5.74, 6) is -2.12. The highest BCUT2D eigenvalue weighted by molar-refractivity contribution is 7.87. The van der Waals surface area contributed by atoms with Crippen LogP contribution in [-0.4, -0.2) is 59.7 Å². The van der Waals surface area contributed by atoms with Gasteiger partial charge in [0.05, 0.1) is 5.60 Å². The minimum atomic E-state index is -4.02. The molecule has 0 bridgehead atoms. The van der Waals surface area contributed by atoms with Crippen LogP contribution in [0.2, 0.25) is 0 Å². The summed E-state index contributed by atoms with van der Waals surface area (Å²) in [6.07, 6.45) is 1.64. The molecular formula is C12H21N5O5S. The number of nitrogens with one attached hydrogen (secondary N) is 1. The summed E-state index contributed by atoms with van der Waals surface area (Å²) in [6.45, 7) is 5.54. The second-order valence-electron chi connectivity index (χ2n) is 6.07. The normalized spacial score (nSPS) is 25.8. The number of azide groups is 1. The highest BCUT2D eigenvalue weighted by Gasteiger charge is 2.54. The first-order valence-electron chi connectivity index (χ1n) is 6.86. The van der Waals surface area contributed by atoms with E-state index in [9.17, 15) is 23.4 Å². The Hall–Kier alpha value is -1.65. The summed E-state index contributed by atoms with van der Waals surface area (Å²) >= 11 is 0. The molecule has 0 amide bonds. The van der Waals surface area contributed by atoms with Crippen molar-refractivity contribution in [2.45, 2.75) is 31.4 Å². The number of carbonyl (C=O) groups is 1. The van der Waals surface area contributed by atoms with Gasteiger partial charge in [-0.3, -0.25) is 4.79 Å². The minimum Gasteiger partial charge on any atom is -0.481 e. The van der Waals surface area contributed by atoms with E-state index in [2.05, 4.69) is 21.3 Å². The molecule has 0 aliphatic carbocycles. The van der Waals surface area contributed by atoms with Crippen LogP contribution < -0.4 is 4.72 Å². The van der Waals surface area contributed by atoms with Crippen LogP contribution in [0, 0.1) is 5.92 Å². The molecule has 1 fully saturated rings. The molecule has 1 heterocycles. The fraction of sp³-hybridized carbons (Fsp3) is 0.750. The summed E-state index contributed by atoms with van der Waals surface area (Å²) in [4.78, 5) is 14.2. The lowest BCUT2D eigenvalue weighted by atomic mass is 9.85. The van der Waals surface area contributed by atoms with Crippen molar-refractivity contribution in [2.75, 3.05) is 19.6 Å². The molecule has 1 saturated heterocycles. The largest absolute Gasteiger partial charge is 0.481 e. The summed E-state index contributed by atoms with van der Waals surface area (Å²) in [7, 11) is -4.02. The molecule has 0 aromatic rings. The number of aliphatic hydroxyl groups is 1. The average molecular weight is 347 g/mol. The molecule has 1 aliphatic heterocycles. The van der Waals surface area contributed by atoms with Crippen molar-refractivity contribution in [3.63, 3.8) is 0 Å². The minimum absolute atomic E-state index is 0.126. The van der Waals surface area contributed by atoms with Gasteiger partial charge in [-0.1, -0.05) is 11.2 Å². The van der Waals surface area contributed by atoms with E-state index in [-0.39, 0.29) is 19.5 Å². The van der Waals surface area contributed by atoms with Crippen molar-refractivity contribution in [2.24, 2.45) is 11.0 Å². The first-order valence-corrected chi connectivity index (χ1v) is 8.30. The Morgan fingerprint density at radius 1 is 1.65 bits per heavy atom. The maximum Gasteiger partial charge on any atom is 0.317 e. The van der Waals surface area contributed by atoms with Crippen LogP contribution in [0.1, 0.15) is 20.3 Å². The summed E-state index contributed by atoms with van der Waals surface area (Å²) in [6, 6.07) is 0. The molecule has 0 aromatic heterocycles. The third-order valence-corrected chi connectivity index (χ3v) is 5.06. The summed E-state index contributed by atoms with van der Waals surface area (Å²) < 4.78 is 27.7. The van der Waals surface area contributed by atoms with Crippen LogP contribution >= 0.6 is 0 Å². The third-order valence-electron chi connectivity index (χ3n) is 3.59. The standard InChI is InChI=1S/C12H21N5O5S/c1-4-5-9-6-17(8-12(9,10(18)19)15-16-13)23(21,22)14-7-11(2,3)20/h4,9,14,20H,1,5-8H2,2-3H3,(H,18,19). The van der Waals surface area contributed by atoms with Gasteiger partial charge in [-0.2, -0.15) is 17.4 Å². The number of hydrogen-bond acceptors (Lipinski definition) is 5. The molecule has 11 heteroatoms. The lowest BCUT2D eigenvalue weighted by Crippen LogP contribution is -2.48. The van der Waals surface area contributed by atoms with Gasteiger partial charge in [0, 0.05) is 24.5 Å². The zero-order valence-corrected chi connectivity index (χ0v) is 13.8. The van der Waals surface area contributed by atoms with Gasteiger partial charge in [0.2, 0.25) is 0 Å². The van der Waals surface area contributed by atoms with E-state index in [0.717, 1.165) is 4.31 Å². The van der Waals surface area contributed by atoms with E-state index >= 15 is 0 Å². The summed E-state index contributed by atoms with van der Waals surface area (Å²) in [5, 5.41) is 22.4. The number of allylic oxidation sites excluding steroid dienone is 1. The van der Waals surface area contributed by atoms with E-state index in [1.54, 1.807) is 0 Å². The van der Waals surface area contributed by atoms with Crippen molar-refractivity contribution in [1.82, 2.24) is 9.03 Å². The number of carboxylic acid groups (broad SMARTS) is 1. The van der Waals surface area contributed by atoms with Gasteiger partial charge in [-0.05, 0) is 31.7 Å². The number of hydrogen-bond donors (Lipinski definition) is 3. The van der Waals surface area contributed by atoms with Gasteiger partial charge in [0.1, 0.15) is 0 Å². The van der Waals surface area contributed by atoms with Crippen molar-refractivity contribution in [3.05, 3.63) is 23.1 Å². The molecule has 23 heavy (non-hydrogen) atoms. The molecule has 2 atom stereocenters. The Morgan fingerprint density at radius 3 is 2.70 bits per heavy atom.